The van der Waals surface area contributed by atoms with Crippen molar-refractivity contribution in [1.82, 2.24) is 0 Å². The molecule has 3 heteroatoms. The number of thiophene rings is 1. The van der Waals surface area contributed by atoms with Gasteiger partial charge in [0.2, 0.25) is 0 Å². The molecule has 0 aliphatic carbocycles. The van der Waals surface area contributed by atoms with Gasteiger partial charge in [-0.15, -0.1) is 11.3 Å². The van der Waals surface area contributed by atoms with E-state index in [1.165, 1.54) is 4.88 Å². The molecule has 0 aliphatic rings. The first-order valence-electron chi connectivity index (χ1n) is 4.11. The van der Waals surface area contributed by atoms with Gasteiger partial charge in [0, 0.05) is 17.8 Å². The third-order valence-corrected chi connectivity index (χ3v) is 2.70. The normalized spacial score (nSPS) is 10.2. The minimum absolute atomic E-state index is 0.808. The van der Waals surface area contributed by atoms with E-state index in [1.807, 2.05) is 24.5 Å². The summed E-state index contributed by atoms with van der Waals surface area (Å²) in [4.78, 5) is 1.36. The lowest BCUT2D eigenvalue weighted by Crippen LogP contribution is -2.32. The fraction of sp³-hybridized carbons (Fsp3) is 0.100. The van der Waals surface area contributed by atoms with Gasteiger partial charge in [0.25, 0.3) is 0 Å². The van der Waals surface area contributed by atoms with Gasteiger partial charge in [0.05, 0.1) is 4.88 Å². The number of nitrogen functional groups attached to an aromatic ring is 1. The summed E-state index contributed by atoms with van der Waals surface area (Å²) >= 11 is 1.77. The quantitative estimate of drug-likeness (QED) is 0.719. The highest BCUT2D eigenvalue weighted by Crippen LogP contribution is 2.07. The Kier molecular flexibility index (Phi) is 2.27. The van der Waals surface area contributed by atoms with Crippen LogP contribution < -0.4 is 10.3 Å². The first-order valence-corrected chi connectivity index (χ1v) is 4.99. The van der Waals surface area contributed by atoms with Gasteiger partial charge >= 0.3 is 0 Å². The Balaban J connectivity index is 2.15. The van der Waals surface area contributed by atoms with Crippen molar-refractivity contribution in [1.29, 1.82) is 0 Å². The van der Waals surface area contributed by atoms with Gasteiger partial charge in [0.1, 0.15) is 0 Å². The van der Waals surface area contributed by atoms with Crippen LogP contribution in [-0.4, -0.2) is 0 Å². The summed E-state index contributed by atoms with van der Waals surface area (Å²) in [5.74, 6) is 0. The van der Waals surface area contributed by atoms with Crippen LogP contribution in [0.25, 0.3) is 0 Å². The van der Waals surface area contributed by atoms with E-state index in [0.717, 1.165) is 12.2 Å². The molecule has 0 amide bonds. The Morgan fingerprint density at radius 2 is 2.00 bits per heavy atom. The van der Waals surface area contributed by atoms with Crippen LogP contribution in [0.4, 0.5) is 5.69 Å². The number of nitrogens with zero attached hydrogens (tertiary/aromatic N) is 1. The molecule has 0 atom stereocenters. The maximum absolute atomic E-state index is 5.59. The molecule has 66 valence electrons. The van der Waals surface area contributed by atoms with Crippen molar-refractivity contribution in [3.8, 4) is 0 Å². The molecule has 2 rings (SSSR count). The molecule has 0 aliphatic heterocycles. The third kappa shape index (κ3) is 2.06. The minimum atomic E-state index is 0.808. The topological polar surface area (TPSA) is 29.9 Å². The highest BCUT2D eigenvalue weighted by molar-refractivity contribution is 7.09. The van der Waals surface area contributed by atoms with Crippen LogP contribution >= 0.6 is 11.3 Å². The molecule has 0 unspecified atom stereocenters. The molecule has 2 aromatic heterocycles. The zero-order valence-corrected chi connectivity index (χ0v) is 8.00. The lowest BCUT2D eigenvalue weighted by molar-refractivity contribution is -0.687. The number of hydrogen-bond donors (Lipinski definition) is 1. The molecule has 0 saturated heterocycles. The Morgan fingerprint density at radius 1 is 1.23 bits per heavy atom. The largest absolute Gasteiger partial charge is 0.398 e. The zero-order chi connectivity index (χ0) is 9.10. The van der Waals surface area contributed by atoms with Crippen LogP contribution in [0, 0.1) is 0 Å². The Hall–Kier alpha value is -1.35. The van der Waals surface area contributed by atoms with E-state index < -0.39 is 0 Å². The summed E-state index contributed by atoms with van der Waals surface area (Å²) in [6, 6.07) is 8.02. The van der Waals surface area contributed by atoms with Crippen LogP contribution in [0.5, 0.6) is 0 Å². The van der Waals surface area contributed by atoms with Crippen LogP contribution in [0.3, 0.4) is 0 Å². The first kappa shape index (κ1) is 8.26. The molecule has 0 aromatic carbocycles. The molecule has 0 spiro atoms. The van der Waals surface area contributed by atoms with Crippen molar-refractivity contribution in [3.05, 3.63) is 46.9 Å². The predicted octanol–water partition coefficient (Wildman–Crippen LogP) is 1.67. The van der Waals surface area contributed by atoms with Gasteiger partial charge in [0.15, 0.2) is 18.9 Å². The molecule has 2 N–H and O–H groups in total. The second-order valence-corrected chi connectivity index (χ2v) is 3.92. The van der Waals surface area contributed by atoms with Gasteiger partial charge < -0.3 is 5.73 Å². The van der Waals surface area contributed by atoms with E-state index in [1.54, 1.807) is 11.3 Å². The summed E-state index contributed by atoms with van der Waals surface area (Å²) in [6.45, 7) is 0.929. The summed E-state index contributed by atoms with van der Waals surface area (Å²) < 4.78 is 2.11. The van der Waals surface area contributed by atoms with Crippen LogP contribution in [0.1, 0.15) is 4.88 Å². The Bertz CT molecular complexity index is 364. The van der Waals surface area contributed by atoms with Gasteiger partial charge in [-0.1, -0.05) is 6.07 Å². The van der Waals surface area contributed by atoms with Crippen molar-refractivity contribution in [2.45, 2.75) is 6.54 Å². The fourth-order valence-electron chi connectivity index (χ4n) is 1.16. The van der Waals surface area contributed by atoms with Crippen LogP contribution in [0.2, 0.25) is 0 Å². The molecule has 13 heavy (non-hydrogen) atoms. The maximum atomic E-state index is 5.59. The summed E-state index contributed by atoms with van der Waals surface area (Å²) in [5, 5.41) is 2.09. The highest BCUT2D eigenvalue weighted by Gasteiger charge is 2.01. The SMILES string of the molecule is Nc1cc[n+](Cc2cccs2)cc1. The number of rotatable bonds is 2. The lowest BCUT2D eigenvalue weighted by atomic mass is 10.4. The molecular formula is C10H11N2S+. The fourth-order valence-corrected chi connectivity index (χ4v) is 1.87. The number of aromatic nitrogens is 1. The van der Waals surface area contributed by atoms with Crippen LogP contribution in [0.15, 0.2) is 42.0 Å². The van der Waals surface area contributed by atoms with Crippen molar-refractivity contribution >= 4 is 17.0 Å². The smallest absolute Gasteiger partial charge is 0.182 e. The maximum Gasteiger partial charge on any atom is 0.182 e. The second-order valence-electron chi connectivity index (χ2n) is 2.88. The van der Waals surface area contributed by atoms with Crippen molar-refractivity contribution in [2.75, 3.05) is 5.73 Å². The average molecular weight is 191 g/mol. The molecular weight excluding hydrogens is 180 g/mol. The lowest BCUT2D eigenvalue weighted by Gasteiger charge is -1.93. The van der Waals surface area contributed by atoms with E-state index in [2.05, 4.69) is 22.1 Å². The first-order chi connectivity index (χ1) is 6.34. The number of nitrogens with two attached hydrogens (primary N) is 1. The molecule has 0 radical (unpaired) electrons. The summed E-state index contributed by atoms with van der Waals surface area (Å²) in [5.41, 5.74) is 6.40. The minimum Gasteiger partial charge on any atom is -0.398 e. The Morgan fingerprint density at radius 3 is 2.62 bits per heavy atom. The monoisotopic (exact) mass is 191 g/mol. The molecule has 0 saturated carbocycles. The van der Waals surface area contributed by atoms with E-state index in [9.17, 15) is 0 Å². The zero-order valence-electron chi connectivity index (χ0n) is 7.18. The van der Waals surface area contributed by atoms with E-state index in [0.29, 0.717) is 0 Å². The van der Waals surface area contributed by atoms with Crippen molar-refractivity contribution < 1.29 is 4.57 Å². The van der Waals surface area contributed by atoms with Crippen LogP contribution in [-0.2, 0) is 6.54 Å². The molecule has 2 nitrogen and oxygen atoms in total. The molecule has 0 bridgehead atoms. The summed E-state index contributed by atoms with van der Waals surface area (Å²) in [7, 11) is 0. The van der Waals surface area contributed by atoms with Gasteiger partial charge in [-0.2, -0.15) is 4.57 Å². The number of hydrogen-bond acceptors (Lipinski definition) is 2. The second kappa shape index (κ2) is 3.58. The Labute approximate surface area is 81.3 Å². The average Bonchev–Trinajstić information content (AvgIpc) is 2.62. The summed E-state index contributed by atoms with van der Waals surface area (Å²) in [6.07, 6.45) is 3.99. The number of anilines is 1. The molecule has 0 fully saturated rings. The van der Waals surface area contributed by atoms with Crippen molar-refractivity contribution in [3.63, 3.8) is 0 Å². The highest BCUT2D eigenvalue weighted by atomic mass is 32.1. The van der Waals surface area contributed by atoms with Gasteiger partial charge in [-0.3, -0.25) is 0 Å². The van der Waals surface area contributed by atoms with E-state index in [-0.39, 0.29) is 0 Å². The van der Waals surface area contributed by atoms with E-state index in [4.69, 9.17) is 5.73 Å². The standard InChI is InChI=1S/C10H10N2S/c11-9-3-5-12(6-4-9)8-10-2-1-7-13-10/h1-7,11H,8H2/p+1. The number of pyridine rings is 1. The molecule has 2 heterocycles. The third-order valence-electron chi connectivity index (χ3n) is 1.84. The molecule has 2 aromatic rings. The van der Waals surface area contributed by atoms with Crippen molar-refractivity contribution in [2.24, 2.45) is 0 Å². The van der Waals surface area contributed by atoms with Gasteiger partial charge in [-0.25, -0.2) is 0 Å². The predicted molar refractivity (Wildman–Crippen MR) is 54.5 cm³/mol. The van der Waals surface area contributed by atoms with Gasteiger partial charge in [-0.05, 0) is 11.4 Å². The van der Waals surface area contributed by atoms with E-state index >= 15 is 0 Å².